The number of hydrazone groups is 1. The highest BCUT2D eigenvalue weighted by molar-refractivity contribution is 5.97. The zero-order valence-corrected chi connectivity index (χ0v) is 22.7. The number of hydrogen-bond acceptors (Lipinski definition) is 5. The second-order valence-electron chi connectivity index (χ2n) is 10.1. The molecule has 6 heteroatoms. The standard InChI is InChI=1S/C34H36N4O2/c39-34(38-36-24-28-15-10-18-31(21-28)40-25-27-13-6-2-7-14-27)29-19-20-32(37-30-16-8-3-9-17-30)33(22-29)35-23-26-11-4-1-5-12-26/h1-2,4-7,10-15,18-22,24,30,35,37H,3,8-9,16-17,23,25H2,(H,38,39)/b36-24+. The van der Waals surface area contributed by atoms with Crippen LogP contribution in [0, 0.1) is 0 Å². The molecule has 5 rings (SSSR count). The number of nitrogens with one attached hydrogen (secondary N) is 3. The van der Waals surface area contributed by atoms with E-state index < -0.39 is 0 Å². The molecule has 0 bridgehead atoms. The van der Waals surface area contributed by atoms with Gasteiger partial charge in [0.05, 0.1) is 17.6 Å². The van der Waals surface area contributed by atoms with Gasteiger partial charge in [-0.3, -0.25) is 4.79 Å². The average Bonchev–Trinajstić information content (AvgIpc) is 3.01. The van der Waals surface area contributed by atoms with Crippen LogP contribution in [0.15, 0.2) is 108 Å². The van der Waals surface area contributed by atoms with E-state index >= 15 is 0 Å². The second kappa shape index (κ2) is 14.0. The molecule has 1 aliphatic rings. The van der Waals surface area contributed by atoms with Gasteiger partial charge in [0.2, 0.25) is 0 Å². The Morgan fingerprint density at radius 3 is 2.33 bits per heavy atom. The first-order chi connectivity index (χ1) is 19.7. The third-order valence-electron chi connectivity index (χ3n) is 7.06. The fourth-order valence-electron chi connectivity index (χ4n) is 4.87. The van der Waals surface area contributed by atoms with Gasteiger partial charge in [0, 0.05) is 18.2 Å². The van der Waals surface area contributed by atoms with E-state index in [1.807, 2.05) is 91.0 Å². The minimum absolute atomic E-state index is 0.264. The third-order valence-corrected chi connectivity index (χ3v) is 7.06. The average molecular weight is 533 g/mol. The lowest BCUT2D eigenvalue weighted by Gasteiger charge is -2.25. The maximum Gasteiger partial charge on any atom is 0.271 e. The van der Waals surface area contributed by atoms with Crippen molar-refractivity contribution in [2.75, 3.05) is 10.6 Å². The fraction of sp³-hybridized carbons (Fsp3) is 0.235. The van der Waals surface area contributed by atoms with Gasteiger partial charge in [-0.15, -0.1) is 0 Å². The van der Waals surface area contributed by atoms with E-state index in [-0.39, 0.29) is 5.91 Å². The van der Waals surface area contributed by atoms with Crippen molar-refractivity contribution in [1.82, 2.24) is 5.43 Å². The predicted octanol–water partition coefficient (Wildman–Crippen LogP) is 7.39. The van der Waals surface area contributed by atoms with Crippen molar-refractivity contribution in [3.8, 4) is 5.75 Å². The van der Waals surface area contributed by atoms with Crippen molar-refractivity contribution in [2.45, 2.75) is 51.3 Å². The van der Waals surface area contributed by atoms with Crippen LogP contribution in [-0.2, 0) is 13.2 Å². The lowest BCUT2D eigenvalue weighted by molar-refractivity contribution is 0.0955. The molecule has 40 heavy (non-hydrogen) atoms. The number of anilines is 2. The molecule has 1 amide bonds. The maximum absolute atomic E-state index is 13.0. The molecular weight excluding hydrogens is 496 g/mol. The Labute approximate surface area is 236 Å². The fourth-order valence-corrected chi connectivity index (χ4v) is 4.87. The Kier molecular flexibility index (Phi) is 9.45. The molecule has 0 atom stereocenters. The van der Waals surface area contributed by atoms with E-state index in [0.29, 0.717) is 24.8 Å². The molecule has 0 spiro atoms. The summed E-state index contributed by atoms with van der Waals surface area (Å²) in [5, 5.41) is 11.4. The minimum atomic E-state index is -0.264. The molecule has 0 radical (unpaired) electrons. The van der Waals surface area contributed by atoms with E-state index in [1.165, 1.54) is 37.7 Å². The van der Waals surface area contributed by atoms with Gasteiger partial charge in [0.1, 0.15) is 12.4 Å². The van der Waals surface area contributed by atoms with Gasteiger partial charge in [-0.1, -0.05) is 92.1 Å². The highest BCUT2D eigenvalue weighted by Gasteiger charge is 2.16. The maximum atomic E-state index is 13.0. The van der Waals surface area contributed by atoms with Crippen molar-refractivity contribution in [3.05, 3.63) is 125 Å². The van der Waals surface area contributed by atoms with Gasteiger partial charge in [0.15, 0.2) is 0 Å². The van der Waals surface area contributed by atoms with E-state index in [2.05, 4.69) is 33.3 Å². The Balaban J connectivity index is 1.23. The van der Waals surface area contributed by atoms with Gasteiger partial charge < -0.3 is 15.4 Å². The molecule has 1 saturated carbocycles. The summed E-state index contributed by atoms with van der Waals surface area (Å²) in [6.07, 6.45) is 7.79. The summed E-state index contributed by atoms with van der Waals surface area (Å²) in [5.74, 6) is 0.481. The van der Waals surface area contributed by atoms with Gasteiger partial charge in [-0.05, 0) is 59.9 Å². The summed E-state index contributed by atoms with van der Waals surface area (Å²) in [6, 6.07) is 34.1. The molecule has 3 N–H and O–H groups in total. The summed E-state index contributed by atoms with van der Waals surface area (Å²) in [7, 11) is 0. The molecule has 0 unspecified atom stereocenters. The first-order valence-corrected chi connectivity index (χ1v) is 14.0. The number of rotatable bonds is 11. The van der Waals surface area contributed by atoms with Crippen LogP contribution in [0.3, 0.4) is 0 Å². The third kappa shape index (κ3) is 7.96. The molecule has 0 saturated heterocycles. The van der Waals surface area contributed by atoms with Crippen LogP contribution in [0.25, 0.3) is 0 Å². The zero-order valence-electron chi connectivity index (χ0n) is 22.7. The summed E-state index contributed by atoms with van der Waals surface area (Å²) in [4.78, 5) is 13.0. The summed E-state index contributed by atoms with van der Waals surface area (Å²) in [6.45, 7) is 1.16. The molecule has 0 heterocycles. The number of hydrogen-bond donors (Lipinski definition) is 3. The smallest absolute Gasteiger partial charge is 0.271 e. The van der Waals surface area contributed by atoms with Crippen molar-refractivity contribution in [3.63, 3.8) is 0 Å². The largest absolute Gasteiger partial charge is 0.489 e. The molecule has 6 nitrogen and oxygen atoms in total. The molecular formula is C34H36N4O2. The SMILES string of the molecule is O=C(N/N=C/c1cccc(OCc2ccccc2)c1)c1ccc(NC2CCCCC2)c(NCc2ccccc2)c1. The Morgan fingerprint density at radius 1 is 0.800 bits per heavy atom. The van der Waals surface area contributed by atoms with E-state index in [1.54, 1.807) is 6.21 Å². The monoisotopic (exact) mass is 532 g/mol. The normalized spacial score (nSPS) is 13.6. The van der Waals surface area contributed by atoms with Gasteiger partial charge in [-0.25, -0.2) is 5.43 Å². The number of nitrogens with zero attached hydrogens (tertiary/aromatic N) is 1. The molecule has 0 aromatic heterocycles. The predicted molar refractivity (Wildman–Crippen MR) is 163 cm³/mol. The number of carbonyl (C=O) groups excluding carboxylic acids is 1. The number of benzene rings is 4. The zero-order chi connectivity index (χ0) is 27.4. The lowest BCUT2D eigenvalue weighted by Crippen LogP contribution is -2.23. The molecule has 1 aliphatic carbocycles. The van der Waals surface area contributed by atoms with Gasteiger partial charge in [-0.2, -0.15) is 5.10 Å². The Hall–Kier alpha value is -4.58. The van der Waals surface area contributed by atoms with Gasteiger partial charge in [0.25, 0.3) is 5.91 Å². The summed E-state index contributed by atoms with van der Waals surface area (Å²) >= 11 is 0. The first kappa shape index (κ1) is 27.0. The van der Waals surface area contributed by atoms with Crippen LogP contribution in [0.4, 0.5) is 11.4 Å². The molecule has 4 aromatic rings. The van der Waals surface area contributed by atoms with E-state index in [4.69, 9.17) is 4.74 Å². The van der Waals surface area contributed by atoms with E-state index in [9.17, 15) is 4.79 Å². The molecule has 1 fully saturated rings. The van der Waals surface area contributed by atoms with Crippen molar-refractivity contribution < 1.29 is 9.53 Å². The van der Waals surface area contributed by atoms with Crippen LogP contribution in [0.1, 0.15) is 59.2 Å². The summed E-state index contributed by atoms with van der Waals surface area (Å²) < 4.78 is 5.90. The molecule has 204 valence electrons. The van der Waals surface area contributed by atoms with Crippen molar-refractivity contribution in [2.24, 2.45) is 5.10 Å². The first-order valence-electron chi connectivity index (χ1n) is 14.0. The molecule has 4 aromatic carbocycles. The minimum Gasteiger partial charge on any atom is -0.489 e. The van der Waals surface area contributed by atoms with Crippen LogP contribution in [0.5, 0.6) is 5.75 Å². The number of amides is 1. The second-order valence-corrected chi connectivity index (χ2v) is 10.1. The lowest BCUT2D eigenvalue weighted by atomic mass is 9.95. The number of ether oxygens (including phenoxy) is 1. The van der Waals surface area contributed by atoms with Crippen molar-refractivity contribution >= 4 is 23.5 Å². The van der Waals surface area contributed by atoms with Crippen molar-refractivity contribution in [1.29, 1.82) is 0 Å². The van der Waals surface area contributed by atoms with E-state index in [0.717, 1.165) is 28.3 Å². The Bertz CT molecular complexity index is 1400. The molecule has 0 aliphatic heterocycles. The quantitative estimate of drug-likeness (QED) is 0.139. The van der Waals surface area contributed by atoms with Crippen LogP contribution in [-0.4, -0.2) is 18.2 Å². The topological polar surface area (TPSA) is 74.8 Å². The number of carbonyl (C=O) groups is 1. The van der Waals surface area contributed by atoms with Crippen LogP contribution < -0.4 is 20.8 Å². The van der Waals surface area contributed by atoms with Crippen LogP contribution in [0.2, 0.25) is 0 Å². The highest BCUT2D eigenvalue weighted by atomic mass is 16.5. The Morgan fingerprint density at radius 2 is 1.55 bits per heavy atom. The van der Waals surface area contributed by atoms with Crippen LogP contribution >= 0.6 is 0 Å². The highest BCUT2D eigenvalue weighted by Crippen LogP contribution is 2.28. The van der Waals surface area contributed by atoms with Gasteiger partial charge >= 0.3 is 0 Å². The summed E-state index contributed by atoms with van der Waals surface area (Å²) in [5.41, 5.74) is 8.27.